The van der Waals surface area contributed by atoms with Crippen LogP contribution >= 0.6 is 11.8 Å². The van der Waals surface area contributed by atoms with Crippen molar-refractivity contribution in [1.29, 1.82) is 5.26 Å². The summed E-state index contributed by atoms with van der Waals surface area (Å²) < 4.78 is 8.85. The van der Waals surface area contributed by atoms with Gasteiger partial charge in [0.1, 0.15) is 5.82 Å². The van der Waals surface area contributed by atoms with Crippen molar-refractivity contribution in [3.63, 3.8) is 0 Å². The summed E-state index contributed by atoms with van der Waals surface area (Å²) in [6, 6.07) is 18.8. The van der Waals surface area contributed by atoms with E-state index < -0.39 is 5.41 Å². The number of rotatable bonds is 6. The molecule has 0 spiro atoms. The molecule has 0 unspecified atom stereocenters. The van der Waals surface area contributed by atoms with E-state index in [1.165, 1.54) is 36.8 Å². The van der Waals surface area contributed by atoms with Crippen molar-refractivity contribution in [3.8, 4) is 11.8 Å². The maximum Gasteiger partial charge on any atom is 0.350 e. The maximum atomic E-state index is 13.1. The van der Waals surface area contributed by atoms with E-state index in [-0.39, 0.29) is 5.69 Å². The highest BCUT2D eigenvalue weighted by Gasteiger charge is 2.34. The van der Waals surface area contributed by atoms with Gasteiger partial charge in [0, 0.05) is 29.5 Å². The van der Waals surface area contributed by atoms with Gasteiger partial charge in [0.15, 0.2) is 0 Å². The summed E-state index contributed by atoms with van der Waals surface area (Å²) in [4.78, 5) is 15.3. The Morgan fingerprint density at radius 2 is 1.83 bits per heavy atom. The number of ether oxygens (including phenoxy) is 1. The van der Waals surface area contributed by atoms with Crippen LogP contribution in [0.3, 0.4) is 0 Å². The molecular formula is C28H32N4O2S. The minimum absolute atomic E-state index is 0.0561. The summed E-state index contributed by atoms with van der Waals surface area (Å²) >= 11 is 1.66. The fourth-order valence-electron chi connectivity index (χ4n) is 5.33. The molecule has 2 fully saturated rings. The Balaban J connectivity index is 1.32. The first-order chi connectivity index (χ1) is 17.1. The number of benzene rings is 2. The second-order valence-corrected chi connectivity index (χ2v) is 10.9. The monoisotopic (exact) mass is 488 g/mol. The topological polar surface area (TPSA) is 72.8 Å². The molecule has 0 radical (unpaired) electrons. The van der Waals surface area contributed by atoms with Crippen LogP contribution in [0.25, 0.3) is 5.69 Å². The van der Waals surface area contributed by atoms with Crippen LogP contribution in [0, 0.1) is 24.2 Å². The Labute approximate surface area is 210 Å². The van der Waals surface area contributed by atoms with Crippen LogP contribution in [0.15, 0.2) is 63.1 Å². The third-order valence-electron chi connectivity index (χ3n) is 7.48. The first-order valence-corrected chi connectivity index (χ1v) is 13.4. The molecule has 35 heavy (non-hydrogen) atoms. The average Bonchev–Trinajstić information content (AvgIpc) is 3.18. The fourth-order valence-corrected chi connectivity index (χ4v) is 6.21. The average molecular weight is 489 g/mol. The quantitative estimate of drug-likeness (QED) is 0.449. The minimum Gasteiger partial charge on any atom is -0.381 e. The predicted octanol–water partition coefficient (Wildman–Crippen LogP) is 5.65. The fraction of sp³-hybridized carbons (Fsp3) is 0.464. The molecule has 6 nitrogen and oxygen atoms in total. The molecule has 0 bridgehead atoms. The van der Waals surface area contributed by atoms with E-state index in [9.17, 15) is 10.1 Å². The van der Waals surface area contributed by atoms with Crippen molar-refractivity contribution in [2.75, 3.05) is 13.2 Å². The van der Waals surface area contributed by atoms with Crippen LogP contribution < -0.4 is 5.69 Å². The van der Waals surface area contributed by atoms with Crippen molar-refractivity contribution < 1.29 is 4.74 Å². The first-order valence-electron chi connectivity index (χ1n) is 12.6. The highest BCUT2D eigenvalue weighted by Crippen LogP contribution is 2.37. The highest BCUT2D eigenvalue weighted by atomic mass is 32.2. The summed E-state index contributed by atoms with van der Waals surface area (Å²) in [5.74, 6) is 1.35. The molecule has 0 amide bonds. The lowest BCUT2D eigenvalue weighted by Gasteiger charge is -2.31. The van der Waals surface area contributed by atoms with Gasteiger partial charge in [0.05, 0.1) is 17.2 Å². The van der Waals surface area contributed by atoms with Gasteiger partial charge in [0.25, 0.3) is 0 Å². The number of nitrogens with zero attached hydrogens (tertiary/aromatic N) is 4. The van der Waals surface area contributed by atoms with E-state index in [1.54, 1.807) is 11.8 Å². The van der Waals surface area contributed by atoms with E-state index in [1.807, 2.05) is 41.8 Å². The van der Waals surface area contributed by atoms with Gasteiger partial charge in [-0.3, -0.25) is 4.57 Å². The van der Waals surface area contributed by atoms with Crippen molar-refractivity contribution in [3.05, 3.63) is 70.4 Å². The standard InChI is InChI=1S/C28H32N4O2S/c1-21-30-32(27(33)31(21)19-22-6-3-2-4-7-22)24-10-12-25(13-11-24)35-26-9-5-8-23(18-26)28(20-29)14-16-34-17-15-28/h5,8-13,18,22H,2-4,6-7,14-17,19H2,1H3. The summed E-state index contributed by atoms with van der Waals surface area (Å²) in [6.45, 7) is 3.94. The molecule has 5 rings (SSSR count). The number of aryl methyl sites for hydroxylation is 1. The molecular weight excluding hydrogens is 456 g/mol. The van der Waals surface area contributed by atoms with Gasteiger partial charge in [-0.25, -0.2) is 4.79 Å². The third kappa shape index (κ3) is 5.10. The van der Waals surface area contributed by atoms with Crippen molar-refractivity contribution in [2.24, 2.45) is 5.92 Å². The van der Waals surface area contributed by atoms with E-state index in [0.29, 0.717) is 19.1 Å². The van der Waals surface area contributed by atoms with Crippen molar-refractivity contribution in [2.45, 2.75) is 73.6 Å². The second-order valence-electron chi connectivity index (χ2n) is 9.79. The predicted molar refractivity (Wildman–Crippen MR) is 137 cm³/mol. The normalized spacial score (nSPS) is 18.3. The van der Waals surface area contributed by atoms with Crippen molar-refractivity contribution >= 4 is 11.8 Å². The SMILES string of the molecule is Cc1nn(-c2ccc(Sc3cccc(C4(C#N)CCOCC4)c3)cc2)c(=O)n1CC1CCCCC1. The summed E-state index contributed by atoms with van der Waals surface area (Å²) in [6.07, 6.45) is 7.70. The number of nitriles is 1. The van der Waals surface area contributed by atoms with Crippen LogP contribution in [-0.4, -0.2) is 27.6 Å². The van der Waals surface area contributed by atoms with E-state index >= 15 is 0 Å². The second kappa shape index (κ2) is 10.4. The molecule has 2 aliphatic rings. The van der Waals surface area contributed by atoms with Gasteiger partial charge in [-0.2, -0.15) is 15.0 Å². The van der Waals surface area contributed by atoms with Crippen LogP contribution in [0.5, 0.6) is 0 Å². The minimum atomic E-state index is -0.464. The Morgan fingerprint density at radius 1 is 1.09 bits per heavy atom. The van der Waals surface area contributed by atoms with E-state index in [0.717, 1.165) is 46.3 Å². The van der Waals surface area contributed by atoms with Gasteiger partial charge >= 0.3 is 5.69 Å². The summed E-state index contributed by atoms with van der Waals surface area (Å²) in [7, 11) is 0. The zero-order chi connectivity index (χ0) is 24.3. The molecule has 1 saturated carbocycles. The van der Waals surface area contributed by atoms with Crippen LogP contribution in [0.2, 0.25) is 0 Å². The van der Waals surface area contributed by atoms with Gasteiger partial charge in [0.2, 0.25) is 0 Å². The van der Waals surface area contributed by atoms with Crippen LogP contribution in [0.1, 0.15) is 56.3 Å². The number of aromatic nitrogens is 3. The van der Waals surface area contributed by atoms with Gasteiger partial charge in [-0.15, -0.1) is 0 Å². The molecule has 182 valence electrons. The largest absolute Gasteiger partial charge is 0.381 e. The lowest BCUT2D eigenvalue weighted by Crippen LogP contribution is -2.32. The number of hydrogen-bond donors (Lipinski definition) is 0. The summed E-state index contributed by atoms with van der Waals surface area (Å²) in [5.41, 5.74) is 1.33. The Kier molecular flexibility index (Phi) is 7.12. The zero-order valence-electron chi connectivity index (χ0n) is 20.3. The smallest absolute Gasteiger partial charge is 0.350 e. The Morgan fingerprint density at radius 3 is 2.54 bits per heavy atom. The van der Waals surface area contributed by atoms with Crippen molar-refractivity contribution in [1.82, 2.24) is 14.3 Å². The molecule has 1 saturated heterocycles. The van der Waals surface area contributed by atoms with Gasteiger partial charge in [-0.05, 0) is 80.5 Å². The molecule has 0 atom stereocenters. The molecule has 1 aliphatic carbocycles. The molecule has 7 heteroatoms. The van der Waals surface area contributed by atoms with Gasteiger partial charge < -0.3 is 4.74 Å². The van der Waals surface area contributed by atoms with Crippen LogP contribution in [0.4, 0.5) is 0 Å². The lowest BCUT2D eigenvalue weighted by molar-refractivity contribution is 0.0675. The summed E-state index contributed by atoms with van der Waals surface area (Å²) in [5, 5.41) is 14.5. The molecule has 2 aromatic carbocycles. The maximum absolute atomic E-state index is 13.1. The first kappa shape index (κ1) is 23.9. The third-order valence-corrected chi connectivity index (χ3v) is 8.47. The molecule has 1 aromatic heterocycles. The molecule has 0 N–H and O–H groups in total. The zero-order valence-corrected chi connectivity index (χ0v) is 21.1. The lowest BCUT2D eigenvalue weighted by atomic mass is 9.75. The van der Waals surface area contributed by atoms with E-state index in [4.69, 9.17) is 4.74 Å². The van der Waals surface area contributed by atoms with Crippen LogP contribution in [-0.2, 0) is 16.7 Å². The van der Waals surface area contributed by atoms with E-state index in [2.05, 4.69) is 29.4 Å². The number of hydrogen-bond acceptors (Lipinski definition) is 5. The Hall–Kier alpha value is -2.82. The molecule has 1 aliphatic heterocycles. The molecule has 3 aromatic rings. The van der Waals surface area contributed by atoms with Gasteiger partial charge in [-0.1, -0.05) is 43.2 Å². The molecule has 2 heterocycles. The highest BCUT2D eigenvalue weighted by molar-refractivity contribution is 7.99. The Bertz CT molecular complexity index is 1260.